The van der Waals surface area contributed by atoms with E-state index in [-0.39, 0.29) is 11.7 Å². The number of nitrogens with one attached hydrogen (secondary N) is 1. The molecule has 2 heterocycles. The van der Waals surface area contributed by atoms with Crippen LogP contribution in [0.1, 0.15) is 10.4 Å². The topological polar surface area (TPSA) is 32.3 Å². The molecular weight excluding hydrogens is 307 g/mol. The summed E-state index contributed by atoms with van der Waals surface area (Å²) in [7, 11) is 0. The molecule has 0 saturated carbocycles. The Bertz CT molecular complexity index is 749. The summed E-state index contributed by atoms with van der Waals surface area (Å²) < 4.78 is 13.0. The fraction of sp³-hybridized carbons (Fsp3) is 0.0667. The Morgan fingerprint density at radius 2 is 2.00 bits per heavy atom. The summed E-state index contributed by atoms with van der Waals surface area (Å²) in [6.07, 6.45) is 1.79. The van der Waals surface area contributed by atoms with Crippen LogP contribution in [0.2, 0.25) is 0 Å². The van der Waals surface area contributed by atoms with Crippen molar-refractivity contribution in [3.05, 3.63) is 57.7 Å². The van der Waals surface area contributed by atoms with Crippen molar-refractivity contribution < 1.29 is 9.18 Å². The average Bonchev–Trinajstić information content (AvgIpc) is 2.97. The van der Waals surface area contributed by atoms with Crippen LogP contribution in [0, 0.1) is 12.7 Å². The number of anilines is 1. The quantitative estimate of drug-likeness (QED) is 0.680. The zero-order valence-electron chi connectivity index (χ0n) is 11.1. The number of hydrogen-bond donors (Lipinski definition) is 1. The number of rotatable bonds is 2. The Hall–Kier alpha value is -2.05. The first-order chi connectivity index (χ1) is 10.1. The highest BCUT2D eigenvalue weighted by molar-refractivity contribution is 7.80. The van der Waals surface area contributed by atoms with E-state index in [2.05, 4.69) is 5.32 Å². The molecule has 3 nitrogen and oxygen atoms in total. The second kappa shape index (κ2) is 5.38. The molecule has 0 bridgehead atoms. The van der Waals surface area contributed by atoms with Crippen molar-refractivity contribution in [1.29, 1.82) is 0 Å². The van der Waals surface area contributed by atoms with Crippen LogP contribution >= 0.6 is 23.6 Å². The second-order valence-corrected chi connectivity index (χ2v) is 5.91. The molecule has 0 spiro atoms. The third-order valence-electron chi connectivity index (χ3n) is 3.14. The number of carbonyl (C=O) groups is 1. The number of halogens is 1. The monoisotopic (exact) mass is 318 g/mol. The maximum atomic E-state index is 13.0. The molecule has 2 aromatic rings. The highest BCUT2D eigenvalue weighted by atomic mass is 32.1. The van der Waals surface area contributed by atoms with Gasteiger partial charge >= 0.3 is 0 Å². The minimum absolute atomic E-state index is 0.237. The molecule has 0 atom stereocenters. The van der Waals surface area contributed by atoms with Gasteiger partial charge in [-0.15, -0.1) is 11.3 Å². The zero-order chi connectivity index (χ0) is 15.0. The predicted molar refractivity (Wildman–Crippen MR) is 86.7 cm³/mol. The third-order valence-corrected chi connectivity index (χ3v) is 4.39. The average molecular weight is 318 g/mol. The van der Waals surface area contributed by atoms with Gasteiger partial charge in [0.25, 0.3) is 5.91 Å². The van der Waals surface area contributed by atoms with Crippen molar-refractivity contribution in [3.8, 4) is 0 Å². The molecule has 21 heavy (non-hydrogen) atoms. The molecular formula is C15H11FN2OS2. The Balaban J connectivity index is 1.94. The SMILES string of the molecule is Cc1ccsc1/C=C1/NC(=S)N(c2ccc(F)cc2)C1=O. The minimum atomic E-state index is -0.353. The van der Waals surface area contributed by atoms with Gasteiger partial charge in [0.2, 0.25) is 0 Å². The molecule has 106 valence electrons. The molecule has 1 fully saturated rings. The largest absolute Gasteiger partial charge is 0.327 e. The number of benzene rings is 1. The highest BCUT2D eigenvalue weighted by Gasteiger charge is 2.32. The van der Waals surface area contributed by atoms with Gasteiger partial charge in [0.15, 0.2) is 5.11 Å². The molecule has 0 radical (unpaired) electrons. The third kappa shape index (κ3) is 2.59. The molecule has 1 amide bonds. The van der Waals surface area contributed by atoms with Gasteiger partial charge in [-0.05, 0) is 66.5 Å². The molecule has 1 aliphatic rings. The summed E-state index contributed by atoms with van der Waals surface area (Å²) in [5.74, 6) is -0.589. The van der Waals surface area contributed by atoms with Crippen LogP contribution in [0.15, 0.2) is 41.4 Å². The lowest BCUT2D eigenvalue weighted by Crippen LogP contribution is -2.30. The van der Waals surface area contributed by atoms with Crippen LogP contribution in [0.3, 0.4) is 0 Å². The van der Waals surface area contributed by atoms with Crippen LogP contribution in [-0.2, 0) is 4.79 Å². The van der Waals surface area contributed by atoms with E-state index in [1.807, 2.05) is 18.4 Å². The molecule has 3 rings (SSSR count). The van der Waals surface area contributed by atoms with Gasteiger partial charge in [-0.1, -0.05) is 0 Å². The van der Waals surface area contributed by atoms with Crippen molar-refractivity contribution in [2.24, 2.45) is 0 Å². The smallest absolute Gasteiger partial charge is 0.281 e. The van der Waals surface area contributed by atoms with Crippen molar-refractivity contribution in [3.63, 3.8) is 0 Å². The van der Waals surface area contributed by atoms with Crippen molar-refractivity contribution >= 4 is 46.3 Å². The number of nitrogens with zero attached hydrogens (tertiary/aromatic N) is 1. The van der Waals surface area contributed by atoms with Crippen molar-refractivity contribution in [2.75, 3.05) is 4.90 Å². The fourth-order valence-electron chi connectivity index (χ4n) is 2.02. The van der Waals surface area contributed by atoms with E-state index in [0.717, 1.165) is 10.4 Å². The van der Waals surface area contributed by atoms with E-state index in [1.165, 1.54) is 29.2 Å². The molecule has 0 aliphatic carbocycles. The summed E-state index contributed by atoms with van der Waals surface area (Å²) in [5, 5.41) is 5.18. The van der Waals surface area contributed by atoms with Gasteiger partial charge < -0.3 is 5.32 Å². The van der Waals surface area contributed by atoms with Crippen LogP contribution < -0.4 is 10.2 Å². The number of hydrogen-bond acceptors (Lipinski definition) is 3. The number of thiocarbonyl (C=S) groups is 1. The fourth-order valence-corrected chi connectivity index (χ4v) is 3.18. The van der Waals surface area contributed by atoms with E-state index in [9.17, 15) is 9.18 Å². The van der Waals surface area contributed by atoms with Crippen LogP contribution in [0.5, 0.6) is 0 Å². The van der Waals surface area contributed by atoms with Gasteiger partial charge in [0.1, 0.15) is 11.5 Å². The number of thiophene rings is 1. The van der Waals surface area contributed by atoms with Crippen molar-refractivity contribution in [2.45, 2.75) is 6.92 Å². The van der Waals surface area contributed by atoms with Crippen LogP contribution in [0.25, 0.3) is 6.08 Å². The van der Waals surface area contributed by atoms with E-state index < -0.39 is 0 Å². The predicted octanol–water partition coefficient (Wildman–Crippen LogP) is 3.46. The standard InChI is InChI=1S/C15H11FN2OS2/c1-9-6-7-21-13(9)8-12-14(19)18(15(20)17-12)11-4-2-10(16)3-5-11/h2-8H,1H3,(H,17,20)/b12-8+. The lowest BCUT2D eigenvalue weighted by atomic mass is 10.2. The van der Waals surface area contributed by atoms with Crippen LogP contribution in [0.4, 0.5) is 10.1 Å². The van der Waals surface area contributed by atoms with Gasteiger partial charge in [-0.25, -0.2) is 4.39 Å². The molecule has 1 N–H and O–H groups in total. The normalized spacial score (nSPS) is 16.7. The maximum Gasteiger partial charge on any atom is 0.281 e. The Labute approximate surface area is 130 Å². The molecule has 1 aromatic heterocycles. The van der Waals surface area contributed by atoms with Crippen LogP contribution in [-0.4, -0.2) is 11.0 Å². The lowest BCUT2D eigenvalue weighted by Gasteiger charge is -2.13. The molecule has 1 aliphatic heterocycles. The molecule has 0 unspecified atom stereocenters. The summed E-state index contributed by atoms with van der Waals surface area (Å²) >= 11 is 6.76. The first-order valence-electron chi connectivity index (χ1n) is 6.23. The molecule has 1 aromatic carbocycles. The van der Waals surface area contributed by atoms with Crippen molar-refractivity contribution in [1.82, 2.24) is 5.32 Å². The first-order valence-corrected chi connectivity index (χ1v) is 7.52. The summed E-state index contributed by atoms with van der Waals surface area (Å²) in [6.45, 7) is 1.98. The second-order valence-electron chi connectivity index (χ2n) is 4.57. The number of carbonyl (C=O) groups excluding carboxylic acids is 1. The molecule has 1 saturated heterocycles. The van der Waals surface area contributed by atoms with E-state index in [4.69, 9.17) is 12.2 Å². The van der Waals surface area contributed by atoms with Gasteiger partial charge in [-0.3, -0.25) is 9.69 Å². The van der Waals surface area contributed by atoms with E-state index in [0.29, 0.717) is 16.5 Å². The van der Waals surface area contributed by atoms with E-state index >= 15 is 0 Å². The van der Waals surface area contributed by atoms with Gasteiger partial charge in [0.05, 0.1) is 5.69 Å². The van der Waals surface area contributed by atoms with Gasteiger partial charge in [0, 0.05) is 4.88 Å². The lowest BCUT2D eigenvalue weighted by molar-refractivity contribution is -0.113. The Morgan fingerprint density at radius 3 is 2.62 bits per heavy atom. The maximum absolute atomic E-state index is 13.0. The van der Waals surface area contributed by atoms with Gasteiger partial charge in [-0.2, -0.15) is 0 Å². The Morgan fingerprint density at radius 1 is 1.29 bits per heavy atom. The Kier molecular flexibility index (Phi) is 3.57. The zero-order valence-corrected chi connectivity index (χ0v) is 12.7. The summed E-state index contributed by atoms with van der Waals surface area (Å²) in [6, 6.07) is 7.65. The highest BCUT2D eigenvalue weighted by Crippen LogP contribution is 2.25. The summed E-state index contributed by atoms with van der Waals surface area (Å²) in [4.78, 5) is 14.8. The number of aryl methyl sites for hydroxylation is 1. The summed E-state index contributed by atoms with van der Waals surface area (Å²) in [5.41, 5.74) is 2.08. The number of amides is 1. The first kappa shape index (κ1) is 13.9. The molecule has 6 heteroatoms. The minimum Gasteiger partial charge on any atom is -0.327 e. The van der Waals surface area contributed by atoms with E-state index in [1.54, 1.807) is 17.4 Å².